The molecule has 0 spiro atoms. The first-order chi connectivity index (χ1) is 17.8. The molecule has 190 valence electrons. The van der Waals surface area contributed by atoms with Crippen LogP contribution in [0.25, 0.3) is 22.8 Å². The summed E-state index contributed by atoms with van der Waals surface area (Å²) in [6, 6.07) is 7.51. The number of rotatable bonds is 6. The van der Waals surface area contributed by atoms with Gasteiger partial charge in [-0.3, -0.25) is 4.68 Å². The van der Waals surface area contributed by atoms with Gasteiger partial charge in [0.1, 0.15) is 17.3 Å². The molecule has 0 aliphatic heterocycles. The Morgan fingerprint density at radius 2 is 1.89 bits per heavy atom. The van der Waals surface area contributed by atoms with Crippen molar-refractivity contribution in [3.63, 3.8) is 0 Å². The van der Waals surface area contributed by atoms with Crippen LogP contribution in [0, 0.1) is 23.0 Å². The first-order valence-electron chi connectivity index (χ1n) is 12.4. The largest absolute Gasteiger partial charge is 0.396 e. The molecule has 1 aromatic carbocycles. The second kappa shape index (κ2) is 8.44. The summed E-state index contributed by atoms with van der Waals surface area (Å²) >= 11 is 0. The molecule has 10 heteroatoms. The lowest BCUT2D eigenvalue weighted by Gasteiger charge is -2.37. The number of fused-ring (bicyclic) bond motifs is 5. The highest BCUT2D eigenvalue weighted by atomic mass is 19.1. The Bertz CT molecular complexity index is 1480. The molecule has 1 saturated carbocycles. The van der Waals surface area contributed by atoms with E-state index in [2.05, 4.69) is 39.3 Å². The molecule has 3 atom stereocenters. The molecular weight excluding hydrogens is 476 g/mol. The average Bonchev–Trinajstić information content (AvgIpc) is 3.51. The van der Waals surface area contributed by atoms with Gasteiger partial charge in [0.05, 0.1) is 34.3 Å². The summed E-state index contributed by atoms with van der Waals surface area (Å²) in [5.74, 6) is -0.666. The second-order valence-electron chi connectivity index (χ2n) is 10.7. The second-order valence-corrected chi connectivity index (χ2v) is 10.7. The molecule has 37 heavy (non-hydrogen) atoms. The zero-order valence-electron chi connectivity index (χ0n) is 20.9. The van der Waals surface area contributed by atoms with E-state index < -0.39 is 17.0 Å². The maximum absolute atomic E-state index is 14.5. The van der Waals surface area contributed by atoms with E-state index in [0.29, 0.717) is 18.1 Å². The van der Waals surface area contributed by atoms with Gasteiger partial charge in [-0.1, -0.05) is 32.1 Å². The minimum absolute atomic E-state index is 0.0493. The number of aliphatic hydroxyl groups is 1. The molecule has 1 N–H and O–H groups in total. The van der Waals surface area contributed by atoms with E-state index in [1.54, 1.807) is 23.1 Å². The van der Waals surface area contributed by atoms with Crippen LogP contribution in [-0.2, 0) is 12.0 Å². The molecule has 3 heterocycles. The molecule has 4 aromatic rings. The zero-order valence-corrected chi connectivity index (χ0v) is 20.9. The molecule has 0 unspecified atom stereocenters. The first-order valence-corrected chi connectivity index (χ1v) is 12.4. The summed E-state index contributed by atoms with van der Waals surface area (Å²) in [5.41, 5.74) is 2.40. The van der Waals surface area contributed by atoms with Gasteiger partial charge >= 0.3 is 0 Å². The highest BCUT2D eigenvalue weighted by Crippen LogP contribution is 2.69. The van der Waals surface area contributed by atoms with Gasteiger partial charge in [0.15, 0.2) is 5.82 Å². The standard InChI is InChI=1S/C27H27F2N7O/c1-15(14-37)12-36-13-21(33-35-36)25-30-10-8-22(31-25)27-9-7-17(26(27,2)3)16-11-20(32-34-24(16)27)23-18(28)5-4-6-19(23)29/h4-6,8,10-11,13,15,17,37H,7,9,12,14H2,1-3H3/t15-,17+,27+/m1/s1. The van der Waals surface area contributed by atoms with Crippen molar-refractivity contribution in [1.29, 1.82) is 0 Å². The van der Waals surface area contributed by atoms with E-state index in [1.807, 2.05) is 13.0 Å². The quantitative estimate of drug-likeness (QED) is 0.418. The van der Waals surface area contributed by atoms with Crippen LogP contribution in [0.4, 0.5) is 8.78 Å². The molecule has 0 radical (unpaired) electrons. The van der Waals surface area contributed by atoms with Gasteiger partial charge in [0.2, 0.25) is 0 Å². The number of aromatic nitrogens is 7. The van der Waals surface area contributed by atoms with Crippen LogP contribution in [0.15, 0.2) is 42.7 Å². The molecule has 2 aliphatic carbocycles. The van der Waals surface area contributed by atoms with Crippen molar-refractivity contribution in [3.8, 4) is 22.8 Å². The Morgan fingerprint density at radius 1 is 1.11 bits per heavy atom. The van der Waals surface area contributed by atoms with E-state index in [9.17, 15) is 13.9 Å². The van der Waals surface area contributed by atoms with Gasteiger partial charge in [-0.25, -0.2) is 18.7 Å². The topological polar surface area (TPSA) is 102 Å². The Labute approximate surface area is 212 Å². The molecule has 2 bridgehead atoms. The molecule has 0 saturated heterocycles. The van der Waals surface area contributed by atoms with Gasteiger partial charge < -0.3 is 5.11 Å². The molecule has 0 amide bonds. The first kappa shape index (κ1) is 23.7. The predicted molar refractivity (Wildman–Crippen MR) is 131 cm³/mol. The van der Waals surface area contributed by atoms with Crippen LogP contribution in [0.2, 0.25) is 0 Å². The van der Waals surface area contributed by atoms with Crippen molar-refractivity contribution in [2.75, 3.05) is 6.61 Å². The van der Waals surface area contributed by atoms with E-state index in [1.165, 1.54) is 18.2 Å². The number of hydrogen-bond donors (Lipinski definition) is 1. The fraction of sp³-hybridized carbons (Fsp3) is 0.407. The van der Waals surface area contributed by atoms with Crippen LogP contribution >= 0.6 is 0 Å². The number of hydrogen-bond acceptors (Lipinski definition) is 7. The van der Waals surface area contributed by atoms with Crippen molar-refractivity contribution in [2.45, 2.75) is 51.5 Å². The molecule has 1 fully saturated rings. The van der Waals surface area contributed by atoms with Gasteiger partial charge in [-0.05, 0) is 59.9 Å². The minimum Gasteiger partial charge on any atom is -0.396 e. The Morgan fingerprint density at radius 3 is 2.65 bits per heavy atom. The summed E-state index contributed by atoms with van der Waals surface area (Å²) in [6.07, 6.45) is 5.24. The van der Waals surface area contributed by atoms with Crippen molar-refractivity contribution in [1.82, 2.24) is 35.2 Å². The van der Waals surface area contributed by atoms with Crippen LogP contribution in [0.1, 0.15) is 56.5 Å². The van der Waals surface area contributed by atoms with Crippen LogP contribution < -0.4 is 0 Å². The molecule has 3 aromatic heterocycles. The summed E-state index contributed by atoms with van der Waals surface area (Å²) in [6.45, 7) is 6.93. The van der Waals surface area contributed by atoms with Gasteiger partial charge in [0.25, 0.3) is 0 Å². The molecule has 6 rings (SSSR count). The average molecular weight is 504 g/mol. The normalized spacial score (nSPS) is 22.3. The Hall–Kier alpha value is -3.66. The molecular formula is C27H27F2N7O. The van der Waals surface area contributed by atoms with E-state index in [-0.39, 0.29) is 35.1 Å². The van der Waals surface area contributed by atoms with E-state index in [4.69, 9.17) is 4.98 Å². The van der Waals surface area contributed by atoms with Gasteiger partial charge in [-0.15, -0.1) is 10.2 Å². The summed E-state index contributed by atoms with van der Waals surface area (Å²) in [7, 11) is 0. The lowest BCUT2D eigenvalue weighted by atomic mass is 9.66. The van der Waals surface area contributed by atoms with Crippen molar-refractivity contribution < 1.29 is 13.9 Å². The van der Waals surface area contributed by atoms with Crippen LogP contribution in [0.3, 0.4) is 0 Å². The lowest BCUT2D eigenvalue weighted by Crippen LogP contribution is -2.38. The number of nitrogens with zero attached hydrogens (tertiary/aromatic N) is 7. The van der Waals surface area contributed by atoms with Gasteiger partial charge in [-0.2, -0.15) is 5.10 Å². The van der Waals surface area contributed by atoms with Crippen molar-refractivity contribution in [2.24, 2.45) is 11.3 Å². The smallest absolute Gasteiger partial charge is 0.181 e. The monoisotopic (exact) mass is 503 g/mol. The third-order valence-electron chi connectivity index (χ3n) is 8.27. The van der Waals surface area contributed by atoms with E-state index in [0.717, 1.165) is 29.8 Å². The van der Waals surface area contributed by atoms with Crippen LogP contribution in [0.5, 0.6) is 0 Å². The third kappa shape index (κ3) is 3.42. The van der Waals surface area contributed by atoms with Crippen molar-refractivity contribution in [3.05, 3.63) is 71.3 Å². The Kier molecular flexibility index (Phi) is 5.41. The fourth-order valence-corrected chi connectivity index (χ4v) is 6.34. The maximum Gasteiger partial charge on any atom is 0.181 e. The summed E-state index contributed by atoms with van der Waals surface area (Å²) in [5, 5.41) is 26.6. The maximum atomic E-state index is 14.5. The minimum atomic E-state index is -0.659. The zero-order chi connectivity index (χ0) is 25.9. The number of benzene rings is 1. The van der Waals surface area contributed by atoms with Crippen molar-refractivity contribution >= 4 is 0 Å². The molecule has 2 aliphatic rings. The summed E-state index contributed by atoms with van der Waals surface area (Å²) in [4.78, 5) is 9.40. The molecule has 8 nitrogen and oxygen atoms in total. The fourth-order valence-electron chi connectivity index (χ4n) is 6.34. The highest BCUT2D eigenvalue weighted by Gasteiger charge is 2.65. The SMILES string of the molecule is C[C@@H](CO)Cn1cc(-c2nccc([C@@]34CC[C@@H](c5cc(-c6c(F)cccc6F)nnc53)C4(C)C)n2)nn1. The summed E-state index contributed by atoms with van der Waals surface area (Å²) < 4.78 is 30.7. The predicted octanol–water partition coefficient (Wildman–Crippen LogP) is 4.30. The number of aliphatic hydroxyl groups excluding tert-OH is 1. The van der Waals surface area contributed by atoms with Crippen LogP contribution in [-0.4, -0.2) is 46.9 Å². The highest BCUT2D eigenvalue weighted by molar-refractivity contribution is 5.64. The number of halogens is 2. The van der Waals surface area contributed by atoms with E-state index >= 15 is 0 Å². The lowest BCUT2D eigenvalue weighted by molar-refractivity contribution is 0.218. The van der Waals surface area contributed by atoms with Gasteiger partial charge in [0, 0.05) is 19.3 Å². The third-order valence-corrected chi connectivity index (χ3v) is 8.27. The Balaban J connectivity index is 1.43.